The van der Waals surface area contributed by atoms with Crippen molar-refractivity contribution in [3.8, 4) is 0 Å². The fourth-order valence-electron chi connectivity index (χ4n) is 2.31. The molecule has 80 valence electrons. The molecule has 0 nitrogen and oxygen atoms in total. The Hall–Kier alpha value is -1.04. The number of allylic oxidation sites excluding steroid dienone is 2. The van der Waals surface area contributed by atoms with Crippen LogP contribution >= 0.6 is 0 Å². The second-order valence-corrected chi connectivity index (χ2v) is 5.05. The van der Waals surface area contributed by atoms with E-state index in [9.17, 15) is 0 Å². The predicted molar refractivity (Wildman–Crippen MR) is 66.8 cm³/mol. The highest BCUT2D eigenvalue weighted by molar-refractivity contribution is 5.73. The van der Waals surface area contributed by atoms with Gasteiger partial charge < -0.3 is 0 Å². The maximum absolute atomic E-state index is 2.44. The van der Waals surface area contributed by atoms with Crippen molar-refractivity contribution in [3.63, 3.8) is 0 Å². The molecule has 0 radical (unpaired) electrons. The summed E-state index contributed by atoms with van der Waals surface area (Å²) in [4.78, 5) is 0. The number of hydrogen-bond donors (Lipinski definition) is 0. The van der Waals surface area contributed by atoms with E-state index < -0.39 is 0 Å². The molecule has 0 saturated heterocycles. The molecule has 0 N–H and O–H groups in total. The van der Waals surface area contributed by atoms with Crippen molar-refractivity contribution in [1.82, 2.24) is 0 Å². The molecule has 0 fully saturated rings. The topological polar surface area (TPSA) is 0 Å². The Bertz CT molecular complexity index is 383. The van der Waals surface area contributed by atoms with Gasteiger partial charge in [-0.2, -0.15) is 0 Å². The van der Waals surface area contributed by atoms with Crippen molar-refractivity contribution in [3.05, 3.63) is 41.5 Å². The molecule has 15 heavy (non-hydrogen) atoms. The normalized spacial score (nSPS) is 15.8. The summed E-state index contributed by atoms with van der Waals surface area (Å²) in [7, 11) is 0. The van der Waals surface area contributed by atoms with Gasteiger partial charge in [0.1, 0.15) is 0 Å². The van der Waals surface area contributed by atoms with Gasteiger partial charge in [0, 0.05) is 0 Å². The molecule has 0 bridgehead atoms. The highest BCUT2D eigenvalue weighted by atomic mass is 14.3. The van der Waals surface area contributed by atoms with Crippen LogP contribution in [0.25, 0.3) is 5.57 Å². The minimum Gasteiger partial charge on any atom is -0.0798 e. The van der Waals surface area contributed by atoms with Gasteiger partial charge in [0.25, 0.3) is 0 Å². The molecule has 0 spiro atoms. The van der Waals surface area contributed by atoms with Gasteiger partial charge in [-0.1, -0.05) is 51.1 Å². The molecule has 0 atom stereocenters. The van der Waals surface area contributed by atoms with Gasteiger partial charge in [0.15, 0.2) is 0 Å². The third-order valence-electron chi connectivity index (χ3n) is 3.68. The second-order valence-electron chi connectivity index (χ2n) is 5.05. The van der Waals surface area contributed by atoms with Crippen LogP contribution in [0, 0.1) is 5.41 Å². The third-order valence-corrected chi connectivity index (χ3v) is 3.68. The summed E-state index contributed by atoms with van der Waals surface area (Å²) in [5, 5.41) is 0. The van der Waals surface area contributed by atoms with Crippen LogP contribution in [-0.4, -0.2) is 0 Å². The quantitative estimate of drug-likeness (QED) is 0.661. The molecule has 1 aliphatic carbocycles. The van der Waals surface area contributed by atoms with Crippen molar-refractivity contribution < 1.29 is 0 Å². The summed E-state index contributed by atoms with van der Waals surface area (Å²) in [6.45, 7) is 6.97. The van der Waals surface area contributed by atoms with E-state index >= 15 is 0 Å². The smallest absolute Gasteiger partial charge is 0.0103 e. The first-order chi connectivity index (χ1) is 7.15. The Morgan fingerprint density at radius 2 is 1.93 bits per heavy atom. The summed E-state index contributed by atoms with van der Waals surface area (Å²) < 4.78 is 0. The van der Waals surface area contributed by atoms with E-state index in [0.717, 1.165) is 0 Å². The Morgan fingerprint density at radius 3 is 2.67 bits per heavy atom. The average Bonchev–Trinajstić information content (AvgIpc) is 2.28. The number of rotatable bonds is 2. The molecule has 1 aromatic carbocycles. The lowest BCUT2D eigenvalue weighted by atomic mass is 9.74. The Kier molecular flexibility index (Phi) is 2.68. The molecule has 0 unspecified atom stereocenters. The van der Waals surface area contributed by atoms with Gasteiger partial charge in [0.05, 0.1) is 0 Å². The monoisotopic (exact) mass is 200 g/mol. The average molecular weight is 200 g/mol. The van der Waals surface area contributed by atoms with E-state index in [-0.39, 0.29) is 0 Å². The minimum atomic E-state index is 0.316. The van der Waals surface area contributed by atoms with Crippen LogP contribution < -0.4 is 0 Å². The number of hydrogen-bond acceptors (Lipinski definition) is 0. The van der Waals surface area contributed by atoms with Crippen molar-refractivity contribution in [2.24, 2.45) is 5.41 Å². The summed E-state index contributed by atoms with van der Waals surface area (Å²) >= 11 is 0. The lowest BCUT2D eigenvalue weighted by molar-refractivity contribution is 0.479. The zero-order chi connectivity index (χ0) is 10.9. The Labute approximate surface area is 93.0 Å². The molecule has 0 amide bonds. The van der Waals surface area contributed by atoms with Gasteiger partial charge in [0.2, 0.25) is 0 Å². The van der Waals surface area contributed by atoms with Gasteiger partial charge in [-0.05, 0) is 41.4 Å². The highest BCUT2D eigenvalue weighted by Gasteiger charge is 2.25. The molecule has 0 saturated carbocycles. The van der Waals surface area contributed by atoms with Crippen LogP contribution in [0.4, 0.5) is 0 Å². The summed E-state index contributed by atoms with van der Waals surface area (Å²) in [6.07, 6.45) is 6.05. The van der Waals surface area contributed by atoms with Crippen molar-refractivity contribution in [2.45, 2.75) is 40.0 Å². The van der Waals surface area contributed by atoms with E-state index in [1.54, 1.807) is 5.57 Å². The highest BCUT2D eigenvalue weighted by Crippen LogP contribution is 2.41. The molecule has 0 heteroatoms. The van der Waals surface area contributed by atoms with Crippen LogP contribution in [0.5, 0.6) is 0 Å². The van der Waals surface area contributed by atoms with Crippen LogP contribution in [0.15, 0.2) is 30.3 Å². The van der Waals surface area contributed by atoms with Crippen molar-refractivity contribution in [2.75, 3.05) is 0 Å². The number of benzene rings is 1. The van der Waals surface area contributed by atoms with Crippen LogP contribution in [-0.2, 0) is 6.42 Å². The summed E-state index contributed by atoms with van der Waals surface area (Å²) in [5.41, 5.74) is 4.87. The molecular weight excluding hydrogens is 180 g/mol. The maximum atomic E-state index is 2.44. The van der Waals surface area contributed by atoms with E-state index in [4.69, 9.17) is 0 Å². The lowest BCUT2D eigenvalue weighted by Gasteiger charge is -2.31. The number of aryl methyl sites for hydroxylation is 1. The molecule has 0 heterocycles. The first-order valence-corrected chi connectivity index (χ1v) is 5.94. The molecule has 0 aliphatic heterocycles. The largest absolute Gasteiger partial charge is 0.0798 e. The number of fused-ring (bicyclic) bond motifs is 1. The van der Waals surface area contributed by atoms with Gasteiger partial charge >= 0.3 is 0 Å². The molecule has 2 rings (SSSR count). The van der Waals surface area contributed by atoms with Crippen LogP contribution in [0.2, 0.25) is 0 Å². The van der Waals surface area contributed by atoms with Crippen LogP contribution in [0.3, 0.4) is 0 Å². The molecular formula is C15H20. The fraction of sp³-hybridized carbons (Fsp3) is 0.467. The second kappa shape index (κ2) is 3.84. The van der Waals surface area contributed by atoms with Crippen molar-refractivity contribution in [1.29, 1.82) is 0 Å². The predicted octanol–water partition coefficient (Wildman–Crippen LogP) is 4.45. The fourth-order valence-corrected chi connectivity index (χ4v) is 2.31. The first-order valence-electron chi connectivity index (χ1n) is 5.94. The zero-order valence-corrected chi connectivity index (χ0v) is 10.0. The van der Waals surface area contributed by atoms with E-state index in [1.165, 1.54) is 30.4 Å². The molecule has 1 aliphatic rings. The Morgan fingerprint density at radius 1 is 1.20 bits per heavy atom. The Balaban J connectivity index is 2.47. The lowest BCUT2D eigenvalue weighted by Crippen LogP contribution is -2.16. The van der Waals surface area contributed by atoms with Gasteiger partial charge in [-0.3, -0.25) is 0 Å². The summed E-state index contributed by atoms with van der Waals surface area (Å²) in [6, 6.07) is 8.86. The van der Waals surface area contributed by atoms with E-state index in [0.29, 0.717) is 5.41 Å². The maximum Gasteiger partial charge on any atom is -0.0103 e. The first kappa shape index (κ1) is 10.5. The van der Waals surface area contributed by atoms with Crippen molar-refractivity contribution >= 4 is 5.57 Å². The SMILES string of the molecule is CCC(C)(C)C1=CCCc2ccccc21. The summed E-state index contributed by atoms with van der Waals surface area (Å²) in [5.74, 6) is 0. The van der Waals surface area contributed by atoms with E-state index in [2.05, 4.69) is 51.1 Å². The van der Waals surface area contributed by atoms with Gasteiger partial charge in [-0.15, -0.1) is 0 Å². The minimum absolute atomic E-state index is 0.316. The molecule has 0 aromatic heterocycles. The molecule has 1 aromatic rings. The zero-order valence-electron chi connectivity index (χ0n) is 10.0. The van der Waals surface area contributed by atoms with Gasteiger partial charge in [-0.25, -0.2) is 0 Å². The van der Waals surface area contributed by atoms with Crippen LogP contribution in [0.1, 0.15) is 44.7 Å². The standard InChI is InChI=1S/C15H20/c1-4-15(2,3)14-11-7-9-12-8-5-6-10-13(12)14/h5-6,8,10-11H,4,7,9H2,1-3H3. The van der Waals surface area contributed by atoms with E-state index in [1.807, 2.05) is 0 Å². The third kappa shape index (κ3) is 1.86.